The summed E-state index contributed by atoms with van der Waals surface area (Å²) in [4.78, 5) is 12.1. The average Bonchev–Trinajstić information content (AvgIpc) is 2.90. The number of hydrogen-bond donors (Lipinski definition) is 2. The maximum absolute atomic E-state index is 12.1. The number of aromatic nitrogens is 3. The molecule has 1 unspecified atom stereocenters. The SMILES string of the molecule is CCC(N)c1cn(CC(=O)Nc2cc(C)ccc2C)nn1. The van der Waals surface area contributed by atoms with Crippen LogP contribution in [0.3, 0.4) is 0 Å². The molecule has 1 heterocycles. The van der Waals surface area contributed by atoms with Gasteiger partial charge in [0.1, 0.15) is 6.54 Å². The highest BCUT2D eigenvalue weighted by molar-refractivity contribution is 5.91. The first-order valence-electron chi connectivity index (χ1n) is 7.02. The summed E-state index contributed by atoms with van der Waals surface area (Å²) in [5.41, 5.74) is 9.55. The molecule has 0 aliphatic carbocycles. The Kier molecular flexibility index (Phi) is 4.70. The molecule has 0 aliphatic heterocycles. The molecule has 2 aromatic rings. The van der Waals surface area contributed by atoms with E-state index in [4.69, 9.17) is 5.73 Å². The Morgan fingerprint density at radius 2 is 2.19 bits per heavy atom. The third-order valence-electron chi connectivity index (χ3n) is 3.35. The molecule has 1 amide bonds. The number of aryl methyl sites for hydroxylation is 2. The van der Waals surface area contributed by atoms with E-state index in [9.17, 15) is 4.79 Å². The van der Waals surface area contributed by atoms with Crippen LogP contribution in [0, 0.1) is 13.8 Å². The van der Waals surface area contributed by atoms with Gasteiger partial charge in [0.15, 0.2) is 0 Å². The number of hydrogen-bond acceptors (Lipinski definition) is 4. The summed E-state index contributed by atoms with van der Waals surface area (Å²) in [5, 5.41) is 10.8. The molecule has 0 saturated carbocycles. The van der Waals surface area contributed by atoms with Crippen LogP contribution in [0.2, 0.25) is 0 Å². The molecule has 0 spiro atoms. The maximum atomic E-state index is 12.1. The molecular weight excluding hydrogens is 266 g/mol. The van der Waals surface area contributed by atoms with Crippen LogP contribution in [0.5, 0.6) is 0 Å². The average molecular weight is 287 g/mol. The fraction of sp³-hybridized carbons (Fsp3) is 0.400. The predicted octanol–water partition coefficient (Wildman–Crippen LogP) is 1.94. The molecule has 1 atom stereocenters. The van der Waals surface area contributed by atoms with E-state index in [0.717, 1.165) is 23.2 Å². The van der Waals surface area contributed by atoms with Crippen molar-refractivity contribution in [1.82, 2.24) is 15.0 Å². The van der Waals surface area contributed by atoms with Crippen molar-refractivity contribution in [3.8, 4) is 0 Å². The van der Waals surface area contributed by atoms with Crippen LogP contribution in [-0.2, 0) is 11.3 Å². The molecule has 6 nitrogen and oxygen atoms in total. The van der Waals surface area contributed by atoms with Crippen molar-refractivity contribution >= 4 is 11.6 Å². The smallest absolute Gasteiger partial charge is 0.246 e. The van der Waals surface area contributed by atoms with E-state index in [2.05, 4.69) is 15.6 Å². The van der Waals surface area contributed by atoms with Gasteiger partial charge in [0, 0.05) is 5.69 Å². The Hall–Kier alpha value is -2.21. The van der Waals surface area contributed by atoms with Crippen LogP contribution in [0.4, 0.5) is 5.69 Å². The second-order valence-corrected chi connectivity index (χ2v) is 5.22. The van der Waals surface area contributed by atoms with Gasteiger partial charge in [-0.3, -0.25) is 4.79 Å². The lowest BCUT2D eigenvalue weighted by molar-refractivity contribution is -0.116. The molecule has 3 N–H and O–H groups in total. The van der Waals surface area contributed by atoms with Gasteiger partial charge in [-0.25, -0.2) is 4.68 Å². The minimum Gasteiger partial charge on any atom is -0.324 e. The van der Waals surface area contributed by atoms with E-state index in [1.165, 1.54) is 4.68 Å². The molecule has 0 bridgehead atoms. The summed E-state index contributed by atoms with van der Waals surface area (Å²) >= 11 is 0. The summed E-state index contributed by atoms with van der Waals surface area (Å²) in [7, 11) is 0. The third-order valence-corrected chi connectivity index (χ3v) is 3.35. The van der Waals surface area contributed by atoms with Crippen molar-refractivity contribution < 1.29 is 4.79 Å². The summed E-state index contributed by atoms with van der Waals surface area (Å²) in [6.07, 6.45) is 2.50. The maximum Gasteiger partial charge on any atom is 0.246 e. The van der Waals surface area contributed by atoms with Crippen LogP contribution in [0.25, 0.3) is 0 Å². The Bertz CT molecular complexity index is 635. The first-order valence-corrected chi connectivity index (χ1v) is 7.02. The van der Waals surface area contributed by atoms with E-state index < -0.39 is 0 Å². The van der Waals surface area contributed by atoms with Gasteiger partial charge in [-0.1, -0.05) is 24.3 Å². The number of amides is 1. The standard InChI is InChI=1S/C15H21N5O/c1-4-12(16)14-8-20(19-18-14)9-15(21)17-13-7-10(2)5-6-11(13)3/h5-8,12H,4,9,16H2,1-3H3,(H,17,21). The number of nitrogens with two attached hydrogens (primary N) is 1. The predicted molar refractivity (Wildman–Crippen MR) is 81.8 cm³/mol. The Morgan fingerprint density at radius 1 is 1.43 bits per heavy atom. The number of benzene rings is 1. The fourth-order valence-electron chi connectivity index (χ4n) is 1.98. The molecule has 6 heteroatoms. The summed E-state index contributed by atoms with van der Waals surface area (Å²) < 4.78 is 1.51. The summed E-state index contributed by atoms with van der Waals surface area (Å²) in [6.45, 7) is 6.06. The molecule has 0 fully saturated rings. The molecule has 1 aromatic heterocycles. The molecule has 1 aromatic carbocycles. The Balaban J connectivity index is 2.01. The van der Waals surface area contributed by atoms with Crippen molar-refractivity contribution in [2.45, 2.75) is 39.8 Å². The van der Waals surface area contributed by atoms with Crippen molar-refractivity contribution in [1.29, 1.82) is 0 Å². The van der Waals surface area contributed by atoms with Gasteiger partial charge >= 0.3 is 0 Å². The molecule has 0 aliphatic rings. The normalized spacial score (nSPS) is 12.2. The van der Waals surface area contributed by atoms with Crippen molar-refractivity contribution in [3.05, 3.63) is 41.2 Å². The van der Waals surface area contributed by atoms with Crippen LogP contribution in [0.15, 0.2) is 24.4 Å². The number of carbonyl (C=O) groups is 1. The van der Waals surface area contributed by atoms with Crippen LogP contribution < -0.4 is 11.1 Å². The van der Waals surface area contributed by atoms with E-state index in [1.54, 1.807) is 6.20 Å². The second-order valence-electron chi connectivity index (χ2n) is 5.22. The minimum absolute atomic E-state index is 0.122. The van der Waals surface area contributed by atoms with E-state index in [-0.39, 0.29) is 18.5 Å². The molecule has 0 saturated heterocycles. The molecule has 21 heavy (non-hydrogen) atoms. The zero-order valence-electron chi connectivity index (χ0n) is 12.6. The van der Waals surface area contributed by atoms with Crippen molar-refractivity contribution in [3.63, 3.8) is 0 Å². The Morgan fingerprint density at radius 3 is 2.90 bits per heavy atom. The van der Waals surface area contributed by atoms with Gasteiger partial charge in [-0.05, 0) is 37.5 Å². The Labute approximate surface area is 124 Å². The van der Waals surface area contributed by atoms with Gasteiger partial charge < -0.3 is 11.1 Å². The van der Waals surface area contributed by atoms with E-state index >= 15 is 0 Å². The van der Waals surface area contributed by atoms with Gasteiger partial charge in [0.2, 0.25) is 5.91 Å². The van der Waals surface area contributed by atoms with Crippen molar-refractivity contribution in [2.75, 3.05) is 5.32 Å². The zero-order chi connectivity index (χ0) is 15.4. The number of anilines is 1. The van der Waals surface area contributed by atoms with Gasteiger partial charge in [0.25, 0.3) is 0 Å². The third kappa shape index (κ3) is 3.88. The lowest BCUT2D eigenvalue weighted by Gasteiger charge is -2.09. The monoisotopic (exact) mass is 287 g/mol. The molecule has 2 rings (SSSR count). The van der Waals surface area contributed by atoms with Crippen LogP contribution in [0.1, 0.15) is 36.2 Å². The summed E-state index contributed by atoms with van der Waals surface area (Å²) in [5.74, 6) is -0.134. The minimum atomic E-state index is -0.138. The quantitative estimate of drug-likeness (QED) is 0.880. The lowest BCUT2D eigenvalue weighted by Crippen LogP contribution is -2.19. The molecule has 112 valence electrons. The lowest BCUT2D eigenvalue weighted by atomic mass is 10.1. The zero-order valence-corrected chi connectivity index (χ0v) is 12.6. The number of rotatable bonds is 5. The van der Waals surface area contributed by atoms with E-state index in [1.807, 2.05) is 39.0 Å². The van der Waals surface area contributed by atoms with Crippen LogP contribution in [-0.4, -0.2) is 20.9 Å². The first-order chi connectivity index (χ1) is 9.99. The molecular formula is C15H21N5O. The van der Waals surface area contributed by atoms with Gasteiger partial charge in [0.05, 0.1) is 17.9 Å². The summed E-state index contributed by atoms with van der Waals surface area (Å²) in [6, 6.07) is 5.81. The van der Waals surface area contributed by atoms with Gasteiger partial charge in [-0.2, -0.15) is 0 Å². The highest BCUT2D eigenvalue weighted by Gasteiger charge is 2.11. The topological polar surface area (TPSA) is 85.8 Å². The highest BCUT2D eigenvalue weighted by Crippen LogP contribution is 2.16. The van der Waals surface area contributed by atoms with Crippen LogP contribution >= 0.6 is 0 Å². The number of carbonyl (C=O) groups excluding carboxylic acids is 1. The fourth-order valence-corrected chi connectivity index (χ4v) is 1.98. The highest BCUT2D eigenvalue weighted by atomic mass is 16.2. The number of nitrogens with zero attached hydrogens (tertiary/aromatic N) is 3. The van der Waals surface area contributed by atoms with Crippen molar-refractivity contribution in [2.24, 2.45) is 5.73 Å². The number of nitrogens with one attached hydrogen (secondary N) is 1. The van der Waals surface area contributed by atoms with Gasteiger partial charge in [-0.15, -0.1) is 5.10 Å². The largest absolute Gasteiger partial charge is 0.324 e. The second kappa shape index (κ2) is 6.49. The first kappa shape index (κ1) is 15.2. The molecule has 0 radical (unpaired) electrons. The van der Waals surface area contributed by atoms with E-state index in [0.29, 0.717) is 5.69 Å².